The molecule has 6 heteroatoms. The van der Waals surface area contributed by atoms with Crippen molar-refractivity contribution in [1.29, 1.82) is 0 Å². The summed E-state index contributed by atoms with van der Waals surface area (Å²) >= 11 is 2.96. The first-order valence-electron chi connectivity index (χ1n) is 5.76. The highest BCUT2D eigenvalue weighted by molar-refractivity contribution is 9.10. The molecule has 0 unspecified atom stereocenters. The van der Waals surface area contributed by atoms with Crippen LogP contribution in [-0.4, -0.2) is 5.91 Å². The van der Waals surface area contributed by atoms with Crippen LogP contribution in [0.3, 0.4) is 0 Å². The van der Waals surface area contributed by atoms with Crippen LogP contribution in [0.15, 0.2) is 40.9 Å². The van der Waals surface area contributed by atoms with Gasteiger partial charge in [-0.15, -0.1) is 0 Å². The maximum absolute atomic E-state index is 13.7. The van der Waals surface area contributed by atoms with Gasteiger partial charge < -0.3 is 11.1 Å². The van der Waals surface area contributed by atoms with Gasteiger partial charge in [-0.05, 0) is 29.8 Å². The van der Waals surface area contributed by atoms with Crippen molar-refractivity contribution < 1.29 is 13.6 Å². The first-order chi connectivity index (χ1) is 9.51. The lowest BCUT2D eigenvalue weighted by Crippen LogP contribution is -2.16. The number of anilines is 1. The molecular formula is C14H11BrF2N2O. The van der Waals surface area contributed by atoms with Gasteiger partial charge in [-0.3, -0.25) is 4.79 Å². The van der Waals surface area contributed by atoms with Crippen molar-refractivity contribution in [2.24, 2.45) is 5.73 Å². The fraction of sp³-hybridized carbons (Fsp3) is 0.0714. The summed E-state index contributed by atoms with van der Waals surface area (Å²) in [4.78, 5) is 11.9. The van der Waals surface area contributed by atoms with Gasteiger partial charge in [0.1, 0.15) is 17.2 Å². The minimum Gasteiger partial charge on any atom is -0.326 e. The summed E-state index contributed by atoms with van der Waals surface area (Å²) in [6.45, 7) is 0.310. The Morgan fingerprint density at radius 3 is 2.45 bits per heavy atom. The van der Waals surface area contributed by atoms with E-state index >= 15 is 0 Å². The SMILES string of the molecule is NCc1cccc(NC(=O)c2c(F)cc(Br)cc2F)c1. The number of hydrogen-bond donors (Lipinski definition) is 2. The van der Waals surface area contributed by atoms with Crippen LogP contribution in [0.25, 0.3) is 0 Å². The van der Waals surface area contributed by atoms with Crippen molar-refractivity contribution in [3.8, 4) is 0 Å². The van der Waals surface area contributed by atoms with E-state index in [0.717, 1.165) is 17.7 Å². The molecule has 0 saturated carbocycles. The van der Waals surface area contributed by atoms with Gasteiger partial charge in [-0.1, -0.05) is 28.1 Å². The molecule has 0 aliphatic heterocycles. The molecule has 0 fully saturated rings. The monoisotopic (exact) mass is 340 g/mol. The van der Waals surface area contributed by atoms with Crippen LogP contribution in [0.4, 0.5) is 14.5 Å². The molecule has 0 aliphatic carbocycles. The molecule has 1 amide bonds. The Balaban J connectivity index is 2.28. The highest BCUT2D eigenvalue weighted by atomic mass is 79.9. The number of carbonyl (C=O) groups is 1. The van der Waals surface area contributed by atoms with Crippen LogP contribution in [0, 0.1) is 11.6 Å². The van der Waals surface area contributed by atoms with E-state index in [1.54, 1.807) is 24.3 Å². The van der Waals surface area contributed by atoms with Crippen LogP contribution >= 0.6 is 15.9 Å². The minimum absolute atomic E-state index is 0.231. The second-order valence-corrected chi connectivity index (χ2v) is 5.02. The zero-order valence-corrected chi connectivity index (χ0v) is 11.9. The molecule has 3 nitrogen and oxygen atoms in total. The second kappa shape index (κ2) is 6.11. The number of hydrogen-bond acceptors (Lipinski definition) is 2. The van der Waals surface area contributed by atoms with Gasteiger partial charge in [0.25, 0.3) is 5.91 Å². The van der Waals surface area contributed by atoms with Gasteiger partial charge >= 0.3 is 0 Å². The number of amides is 1. The Bertz CT molecular complexity index is 638. The normalized spacial score (nSPS) is 10.4. The standard InChI is InChI=1S/C14H11BrF2N2O/c15-9-5-11(16)13(12(17)6-9)14(20)19-10-3-1-2-8(4-10)7-18/h1-6H,7,18H2,(H,19,20). The average molecular weight is 341 g/mol. The van der Waals surface area contributed by atoms with E-state index in [0.29, 0.717) is 12.2 Å². The maximum atomic E-state index is 13.7. The third-order valence-electron chi connectivity index (χ3n) is 2.65. The number of rotatable bonds is 3. The van der Waals surface area contributed by atoms with Crippen LogP contribution in [-0.2, 0) is 6.54 Å². The van der Waals surface area contributed by atoms with Crippen LogP contribution < -0.4 is 11.1 Å². The van der Waals surface area contributed by atoms with E-state index in [-0.39, 0.29) is 4.47 Å². The van der Waals surface area contributed by atoms with Crippen molar-refractivity contribution in [3.05, 3.63) is 63.6 Å². The highest BCUT2D eigenvalue weighted by Crippen LogP contribution is 2.21. The van der Waals surface area contributed by atoms with Gasteiger partial charge in [-0.25, -0.2) is 8.78 Å². The lowest BCUT2D eigenvalue weighted by Gasteiger charge is -2.08. The summed E-state index contributed by atoms with van der Waals surface area (Å²) in [5, 5.41) is 2.44. The Labute approximate surface area is 122 Å². The first kappa shape index (κ1) is 14.6. The molecule has 0 atom stereocenters. The van der Waals surface area contributed by atoms with Crippen LogP contribution in [0.2, 0.25) is 0 Å². The van der Waals surface area contributed by atoms with Crippen LogP contribution in [0.5, 0.6) is 0 Å². The lowest BCUT2D eigenvalue weighted by atomic mass is 10.1. The minimum atomic E-state index is -0.927. The second-order valence-electron chi connectivity index (χ2n) is 4.10. The number of benzene rings is 2. The van der Waals surface area contributed by atoms with Crippen molar-refractivity contribution in [1.82, 2.24) is 0 Å². The third kappa shape index (κ3) is 3.20. The summed E-state index contributed by atoms with van der Waals surface area (Å²) in [5.41, 5.74) is 6.10. The van der Waals surface area contributed by atoms with E-state index in [2.05, 4.69) is 21.2 Å². The predicted molar refractivity (Wildman–Crippen MR) is 76.3 cm³/mol. The fourth-order valence-corrected chi connectivity index (χ4v) is 2.13. The Morgan fingerprint density at radius 1 is 1.20 bits per heavy atom. The smallest absolute Gasteiger partial charge is 0.261 e. The molecule has 0 spiro atoms. The van der Waals surface area contributed by atoms with E-state index in [9.17, 15) is 13.6 Å². The molecule has 104 valence electrons. The van der Waals surface area contributed by atoms with Crippen molar-refractivity contribution in [3.63, 3.8) is 0 Å². The quantitative estimate of drug-likeness (QED) is 0.899. The molecule has 0 bridgehead atoms. The zero-order chi connectivity index (χ0) is 14.7. The van der Waals surface area contributed by atoms with E-state index in [4.69, 9.17) is 5.73 Å². The molecule has 0 aromatic heterocycles. The summed E-state index contributed by atoms with van der Waals surface area (Å²) in [6.07, 6.45) is 0. The third-order valence-corrected chi connectivity index (χ3v) is 3.11. The van der Waals surface area contributed by atoms with E-state index < -0.39 is 23.1 Å². The lowest BCUT2D eigenvalue weighted by molar-refractivity contribution is 0.101. The number of nitrogens with two attached hydrogens (primary N) is 1. The topological polar surface area (TPSA) is 55.1 Å². The van der Waals surface area contributed by atoms with Crippen molar-refractivity contribution in [2.45, 2.75) is 6.54 Å². The van der Waals surface area contributed by atoms with Crippen molar-refractivity contribution in [2.75, 3.05) is 5.32 Å². The Morgan fingerprint density at radius 2 is 1.85 bits per heavy atom. The first-order valence-corrected chi connectivity index (χ1v) is 6.55. The van der Waals surface area contributed by atoms with Gasteiger partial charge in [0.2, 0.25) is 0 Å². The molecule has 0 heterocycles. The van der Waals surface area contributed by atoms with Gasteiger partial charge in [0, 0.05) is 16.7 Å². The number of halogens is 3. The molecule has 0 saturated heterocycles. The van der Waals surface area contributed by atoms with Crippen molar-refractivity contribution >= 4 is 27.5 Å². The van der Waals surface area contributed by atoms with Gasteiger partial charge in [0.15, 0.2) is 0 Å². The number of carbonyl (C=O) groups excluding carboxylic acids is 1. The summed E-state index contributed by atoms with van der Waals surface area (Å²) in [5.74, 6) is -2.70. The Kier molecular flexibility index (Phi) is 4.46. The van der Waals surface area contributed by atoms with Gasteiger partial charge in [-0.2, -0.15) is 0 Å². The van der Waals surface area contributed by atoms with E-state index in [1.807, 2.05) is 0 Å². The molecule has 20 heavy (non-hydrogen) atoms. The Hall–Kier alpha value is -1.79. The summed E-state index contributed by atoms with van der Waals surface area (Å²) < 4.78 is 27.5. The van der Waals surface area contributed by atoms with E-state index in [1.165, 1.54) is 0 Å². The fourth-order valence-electron chi connectivity index (χ4n) is 1.73. The summed E-state index contributed by atoms with van der Waals surface area (Å²) in [6, 6.07) is 8.82. The summed E-state index contributed by atoms with van der Waals surface area (Å²) in [7, 11) is 0. The highest BCUT2D eigenvalue weighted by Gasteiger charge is 2.18. The number of nitrogens with one attached hydrogen (secondary N) is 1. The van der Waals surface area contributed by atoms with Gasteiger partial charge in [0.05, 0.1) is 0 Å². The largest absolute Gasteiger partial charge is 0.326 e. The maximum Gasteiger partial charge on any atom is 0.261 e. The molecule has 2 aromatic rings. The molecule has 0 radical (unpaired) electrons. The van der Waals surface area contributed by atoms with Crippen LogP contribution in [0.1, 0.15) is 15.9 Å². The predicted octanol–water partition coefficient (Wildman–Crippen LogP) is 3.44. The molecule has 0 aliphatic rings. The molecule has 2 aromatic carbocycles. The average Bonchev–Trinajstić information content (AvgIpc) is 2.37. The molecule has 3 N–H and O–H groups in total. The molecule has 2 rings (SSSR count). The molecular weight excluding hydrogens is 330 g/mol. The zero-order valence-electron chi connectivity index (χ0n) is 10.3.